The Morgan fingerprint density at radius 1 is 0.854 bits per heavy atom. The molecular weight excluding hydrogens is 500 g/mol. The molecule has 0 saturated heterocycles. The fourth-order valence-electron chi connectivity index (χ4n) is 14.0. The van der Waals surface area contributed by atoms with E-state index in [0.29, 0.717) is 41.4 Å². The first kappa shape index (κ1) is 32.1. The topological polar surface area (TPSA) is 29.5 Å². The Bertz CT molecular complexity index is 936. The van der Waals surface area contributed by atoms with Crippen LogP contribution >= 0.6 is 0 Å². The minimum Gasteiger partial charge on any atom is -0.368 e. The highest BCUT2D eigenvalue weighted by molar-refractivity contribution is 5.23. The fraction of sp³-hybridized carbons (Fsp3) is 0.949. The summed E-state index contributed by atoms with van der Waals surface area (Å²) in [5.41, 5.74) is 1.56. The Balaban J connectivity index is 1.58. The second-order valence-corrected chi connectivity index (χ2v) is 17.6. The summed E-state index contributed by atoms with van der Waals surface area (Å²) in [6.07, 6.45) is 13.5. The van der Waals surface area contributed by atoms with Crippen LogP contribution in [-0.2, 0) is 4.74 Å². The van der Waals surface area contributed by atoms with E-state index in [9.17, 15) is 5.11 Å². The minimum absolute atomic E-state index is 0.00929. The highest BCUT2D eigenvalue weighted by atomic mass is 16.6. The average molecular weight is 569 g/mol. The quantitative estimate of drug-likeness (QED) is 0.255. The van der Waals surface area contributed by atoms with Gasteiger partial charge < -0.3 is 9.84 Å². The lowest BCUT2D eigenvalue weighted by Gasteiger charge is -2.76. The molecule has 5 aliphatic carbocycles. The van der Waals surface area contributed by atoms with Gasteiger partial charge in [0.1, 0.15) is 0 Å². The first-order valence-electron chi connectivity index (χ1n) is 18.2. The van der Waals surface area contributed by atoms with Gasteiger partial charge in [0.2, 0.25) is 0 Å². The van der Waals surface area contributed by atoms with E-state index >= 15 is 0 Å². The van der Waals surface area contributed by atoms with Crippen LogP contribution in [0.1, 0.15) is 140 Å². The number of allylic oxidation sites excluding steroid dienone is 1. The molecule has 0 spiro atoms. The molecule has 5 aliphatic rings. The summed E-state index contributed by atoms with van der Waals surface area (Å²) in [6, 6.07) is 0. The highest BCUT2D eigenvalue weighted by Gasteiger charge is 2.74. The van der Waals surface area contributed by atoms with Crippen LogP contribution in [0.5, 0.6) is 0 Å². The molecule has 0 aromatic heterocycles. The Hall–Kier alpha value is -0.340. The van der Waals surface area contributed by atoms with Crippen LogP contribution in [0.3, 0.4) is 0 Å². The van der Waals surface area contributed by atoms with Crippen LogP contribution in [0.25, 0.3) is 0 Å². The molecule has 0 radical (unpaired) electrons. The van der Waals surface area contributed by atoms with Gasteiger partial charge >= 0.3 is 0 Å². The lowest BCUT2D eigenvalue weighted by Crippen LogP contribution is -2.75. The van der Waals surface area contributed by atoms with E-state index in [1.54, 1.807) is 0 Å². The van der Waals surface area contributed by atoms with Gasteiger partial charge in [-0.2, -0.15) is 0 Å². The monoisotopic (exact) mass is 569 g/mol. The predicted molar refractivity (Wildman–Crippen MR) is 173 cm³/mol. The van der Waals surface area contributed by atoms with E-state index in [0.717, 1.165) is 36.5 Å². The van der Waals surface area contributed by atoms with Crippen molar-refractivity contribution in [2.45, 2.75) is 152 Å². The van der Waals surface area contributed by atoms with E-state index in [-0.39, 0.29) is 22.3 Å². The van der Waals surface area contributed by atoms with Gasteiger partial charge in [0, 0.05) is 10.8 Å². The molecule has 0 aliphatic heterocycles. The second kappa shape index (κ2) is 11.5. The fourth-order valence-corrected chi connectivity index (χ4v) is 14.0. The van der Waals surface area contributed by atoms with Crippen molar-refractivity contribution in [3.05, 3.63) is 12.2 Å². The molecule has 2 nitrogen and oxygen atoms in total. The van der Waals surface area contributed by atoms with E-state index in [1.165, 1.54) is 63.4 Å². The molecule has 15 unspecified atom stereocenters. The third kappa shape index (κ3) is 4.76. The number of aliphatic hydroxyl groups excluding tert-OH is 1. The van der Waals surface area contributed by atoms with Gasteiger partial charge in [-0.15, -0.1) is 0 Å². The van der Waals surface area contributed by atoms with Crippen molar-refractivity contribution in [2.75, 3.05) is 0 Å². The largest absolute Gasteiger partial charge is 0.368 e. The van der Waals surface area contributed by atoms with E-state index in [4.69, 9.17) is 4.74 Å². The molecule has 2 heteroatoms. The molecule has 5 saturated carbocycles. The minimum atomic E-state index is -0.649. The maximum absolute atomic E-state index is 11.8. The van der Waals surface area contributed by atoms with Gasteiger partial charge in [-0.25, -0.2) is 0 Å². The van der Waals surface area contributed by atoms with Gasteiger partial charge in [-0.05, 0) is 103 Å². The van der Waals surface area contributed by atoms with Crippen molar-refractivity contribution in [2.24, 2.45) is 81.3 Å². The third-order valence-electron chi connectivity index (χ3n) is 16.0. The lowest BCUT2D eigenvalue weighted by molar-refractivity contribution is -0.341. The average Bonchev–Trinajstić information content (AvgIpc) is 2.91. The standard InChI is InChI=1S/C39H68O2/c1-23(2)33-25(4)22-37(9)36(41-32(40)21-20-30-17-13-12-14-18-30)38(10)27(6)31-19-15-16-24(3)34(31)26(5)35(38)29(8)39(37,11)28(33)7/h24-36,40H,1,12-22H2,2-11H3. The summed E-state index contributed by atoms with van der Waals surface area (Å²) in [5.74, 6) is 7.38. The molecule has 15 atom stereocenters. The summed E-state index contributed by atoms with van der Waals surface area (Å²) in [7, 11) is 0. The Morgan fingerprint density at radius 3 is 2.15 bits per heavy atom. The Labute approximate surface area is 255 Å². The summed E-state index contributed by atoms with van der Waals surface area (Å²) in [4.78, 5) is 0. The molecular formula is C39H68O2. The van der Waals surface area contributed by atoms with Gasteiger partial charge in [0.15, 0.2) is 6.29 Å². The third-order valence-corrected chi connectivity index (χ3v) is 16.0. The van der Waals surface area contributed by atoms with Crippen molar-refractivity contribution in [3.8, 4) is 0 Å². The zero-order valence-electron chi connectivity index (χ0n) is 28.8. The first-order chi connectivity index (χ1) is 19.2. The maximum Gasteiger partial charge on any atom is 0.154 e. The molecule has 5 fully saturated rings. The zero-order valence-corrected chi connectivity index (χ0v) is 28.8. The van der Waals surface area contributed by atoms with E-state index in [2.05, 4.69) is 75.8 Å². The van der Waals surface area contributed by atoms with Gasteiger partial charge in [0.05, 0.1) is 6.10 Å². The lowest BCUT2D eigenvalue weighted by atomic mass is 9.30. The smallest absolute Gasteiger partial charge is 0.154 e. The number of ether oxygens (including phenoxy) is 1. The van der Waals surface area contributed by atoms with Crippen LogP contribution in [0.2, 0.25) is 0 Å². The molecule has 5 rings (SSSR count). The SMILES string of the molecule is C=C(C)C1C(C)CC2(C)C(OC(O)CCC3CCCCC3)C3(C)C(C)C4CCCC(C)C4C(C)C3C(C)C2(C)C1C. The summed E-state index contributed by atoms with van der Waals surface area (Å²) < 4.78 is 7.29. The van der Waals surface area contributed by atoms with Gasteiger partial charge in [-0.3, -0.25) is 0 Å². The number of aliphatic hydroxyl groups is 1. The van der Waals surface area contributed by atoms with Crippen molar-refractivity contribution in [1.82, 2.24) is 0 Å². The number of hydrogen-bond donors (Lipinski definition) is 1. The van der Waals surface area contributed by atoms with Crippen molar-refractivity contribution in [1.29, 1.82) is 0 Å². The van der Waals surface area contributed by atoms with Crippen LogP contribution < -0.4 is 0 Å². The van der Waals surface area contributed by atoms with E-state index in [1.807, 2.05) is 0 Å². The first-order valence-corrected chi connectivity index (χ1v) is 18.2. The predicted octanol–water partition coefficient (Wildman–Crippen LogP) is 10.5. The molecule has 41 heavy (non-hydrogen) atoms. The maximum atomic E-state index is 11.8. The van der Waals surface area contributed by atoms with Crippen LogP contribution in [0, 0.1) is 81.3 Å². The van der Waals surface area contributed by atoms with Gasteiger partial charge in [-0.1, -0.05) is 119 Å². The molecule has 236 valence electrons. The number of rotatable bonds is 6. The zero-order chi connectivity index (χ0) is 30.1. The van der Waals surface area contributed by atoms with Crippen molar-refractivity contribution >= 4 is 0 Å². The molecule has 0 amide bonds. The molecule has 0 heterocycles. The van der Waals surface area contributed by atoms with Crippen molar-refractivity contribution in [3.63, 3.8) is 0 Å². The Kier molecular flexibility index (Phi) is 9.03. The summed E-state index contributed by atoms with van der Waals surface area (Å²) in [5, 5.41) is 11.8. The molecule has 0 aromatic carbocycles. The van der Waals surface area contributed by atoms with Crippen molar-refractivity contribution < 1.29 is 9.84 Å². The van der Waals surface area contributed by atoms with Crippen LogP contribution in [0.4, 0.5) is 0 Å². The summed E-state index contributed by atoms with van der Waals surface area (Å²) in [6.45, 7) is 30.3. The number of fused-ring (bicyclic) bond motifs is 3. The van der Waals surface area contributed by atoms with Crippen LogP contribution in [-0.4, -0.2) is 17.5 Å². The van der Waals surface area contributed by atoms with E-state index < -0.39 is 6.29 Å². The molecule has 0 aromatic rings. The van der Waals surface area contributed by atoms with Crippen LogP contribution in [0.15, 0.2) is 12.2 Å². The highest BCUT2D eigenvalue weighted by Crippen LogP contribution is 2.76. The Morgan fingerprint density at radius 2 is 1.51 bits per heavy atom. The normalized spacial score (nSPS) is 53.1. The molecule has 1 N–H and O–H groups in total. The second-order valence-electron chi connectivity index (χ2n) is 17.6. The number of hydrogen-bond acceptors (Lipinski definition) is 2. The molecule has 0 bridgehead atoms. The summed E-state index contributed by atoms with van der Waals surface area (Å²) >= 11 is 0. The van der Waals surface area contributed by atoms with Gasteiger partial charge in [0.25, 0.3) is 0 Å².